The monoisotopic (exact) mass is 239 g/mol. The molecule has 1 aliphatic heterocycles. The Kier molecular flexibility index (Phi) is 3.64. The van der Waals surface area contributed by atoms with Crippen LogP contribution in [0, 0.1) is 5.82 Å². The molecule has 0 amide bonds. The Labute approximate surface area is 101 Å². The lowest BCUT2D eigenvalue weighted by molar-refractivity contribution is 0.121. The molecule has 1 aliphatic rings. The van der Waals surface area contributed by atoms with E-state index < -0.39 is 6.10 Å². The van der Waals surface area contributed by atoms with Crippen molar-refractivity contribution in [1.29, 1.82) is 0 Å². The van der Waals surface area contributed by atoms with Gasteiger partial charge in [-0.25, -0.2) is 4.39 Å². The molecule has 4 heteroatoms. The van der Waals surface area contributed by atoms with E-state index in [4.69, 9.17) is 4.74 Å². The molecule has 0 aliphatic carbocycles. The summed E-state index contributed by atoms with van der Waals surface area (Å²) in [5.74, 6) is -0.349. The summed E-state index contributed by atoms with van der Waals surface area (Å²) < 4.78 is 19.0. The summed E-state index contributed by atoms with van der Waals surface area (Å²) in [6, 6.07) is 4.91. The van der Waals surface area contributed by atoms with Crippen LogP contribution in [-0.4, -0.2) is 31.4 Å². The molecule has 1 aromatic rings. The van der Waals surface area contributed by atoms with Crippen LogP contribution < -0.4 is 4.90 Å². The van der Waals surface area contributed by atoms with Gasteiger partial charge in [-0.3, -0.25) is 0 Å². The number of aliphatic hydroxyl groups is 1. The zero-order valence-corrected chi connectivity index (χ0v) is 10.2. The van der Waals surface area contributed by atoms with Crippen LogP contribution in [0.15, 0.2) is 18.2 Å². The standard InChI is InChI=1S/C13H18FNO2/c1-9(16)13-11(14)4-3-5-12(13)15-7-6-10(8-15)17-2/h3-5,9-10,16H,6-8H2,1-2H3/t9-,10?/m1/s1. The van der Waals surface area contributed by atoms with Crippen molar-refractivity contribution in [2.45, 2.75) is 25.6 Å². The number of aliphatic hydroxyl groups excluding tert-OH is 1. The van der Waals surface area contributed by atoms with Gasteiger partial charge in [-0.1, -0.05) is 6.07 Å². The van der Waals surface area contributed by atoms with E-state index in [0.29, 0.717) is 5.56 Å². The van der Waals surface area contributed by atoms with Crippen LogP contribution in [0.5, 0.6) is 0 Å². The minimum absolute atomic E-state index is 0.195. The highest BCUT2D eigenvalue weighted by Crippen LogP contribution is 2.31. The molecule has 1 heterocycles. The minimum Gasteiger partial charge on any atom is -0.389 e. The van der Waals surface area contributed by atoms with Gasteiger partial charge in [0, 0.05) is 31.5 Å². The molecule has 1 fully saturated rings. The normalized spacial score (nSPS) is 21.9. The molecule has 1 saturated heterocycles. The van der Waals surface area contributed by atoms with Gasteiger partial charge in [0.15, 0.2) is 0 Å². The predicted molar refractivity (Wildman–Crippen MR) is 64.7 cm³/mol. The molecular weight excluding hydrogens is 221 g/mol. The first-order valence-electron chi connectivity index (χ1n) is 5.87. The maximum atomic E-state index is 13.7. The Balaban J connectivity index is 2.29. The number of anilines is 1. The molecule has 0 aromatic heterocycles. The van der Waals surface area contributed by atoms with Gasteiger partial charge in [-0.2, -0.15) is 0 Å². The van der Waals surface area contributed by atoms with E-state index in [0.717, 1.165) is 25.2 Å². The van der Waals surface area contributed by atoms with Crippen molar-refractivity contribution in [3.8, 4) is 0 Å². The number of nitrogens with zero attached hydrogens (tertiary/aromatic N) is 1. The second-order valence-corrected chi connectivity index (χ2v) is 4.44. The lowest BCUT2D eigenvalue weighted by Crippen LogP contribution is -2.24. The molecule has 1 unspecified atom stereocenters. The Morgan fingerprint density at radius 2 is 2.29 bits per heavy atom. The smallest absolute Gasteiger partial charge is 0.131 e. The first kappa shape index (κ1) is 12.3. The summed E-state index contributed by atoms with van der Waals surface area (Å²) >= 11 is 0. The van der Waals surface area contributed by atoms with Gasteiger partial charge in [0.25, 0.3) is 0 Å². The maximum Gasteiger partial charge on any atom is 0.131 e. The van der Waals surface area contributed by atoms with Gasteiger partial charge in [-0.15, -0.1) is 0 Å². The van der Waals surface area contributed by atoms with Crippen LogP contribution in [-0.2, 0) is 4.74 Å². The van der Waals surface area contributed by atoms with E-state index in [2.05, 4.69) is 4.90 Å². The number of hydrogen-bond donors (Lipinski definition) is 1. The zero-order chi connectivity index (χ0) is 12.4. The predicted octanol–water partition coefficient (Wildman–Crippen LogP) is 2.10. The number of ether oxygens (including phenoxy) is 1. The first-order chi connectivity index (χ1) is 8.13. The second kappa shape index (κ2) is 5.02. The number of halogens is 1. The third-order valence-electron chi connectivity index (χ3n) is 3.27. The average Bonchev–Trinajstić information content (AvgIpc) is 2.76. The zero-order valence-electron chi connectivity index (χ0n) is 10.2. The number of methoxy groups -OCH3 is 1. The molecule has 94 valence electrons. The van der Waals surface area contributed by atoms with Gasteiger partial charge in [0.1, 0.15) is 5.82 Å². The molecular formula is C13H18FNO2. The molecule has 2 atom stereocenters. The van der Waals surface area contributed by atoms with Crippen molar-refractivity contribution in [2.75, 3.05) is 25.1 Å². The van der Waals surface area contributed by atoms with Crippen molar-refractivity contribution < 1.29 is 14.2 Å². The van der Waals surface area contributed by atoms with Crippen LogP contribution in [0.4, 0.5) is 10.1 Å². The van der Waals surface area contributed by atoms with Crippen molar-refractivity contribution in [1.82, 2.24) is 0 Å². The first-order valence-corrected chi connectivity index (χ1v) is 5.87. The molecule has 2 rings (SSSR count). The van der Waals surface area contributed by atoms with Crippen molar-refractivity contribution in [3.63, 3.8) is 0 Å². The van der Waals surface area contributed by atoms with Gasteiger partial charge in [-0.05, 0) is 25.5 Å². The second-order valence-electron chi connectivity index (χ2n) is 4.44. The van der Waals surface area contributed by atoms with Crippen LogP contribution in [0.25, 0.3) is 0 Å². The highest BCUT2D eigenvalue weighted by molar-refractivity contribution is 5.56. The van der Waals surface area contributed by atoms with Crippen molar-refractivity contribution in [2.24, 2.45) is 0 Å². The Hall–Kier alpha value is -1.13. The molecule has 0 bridgehead atoms. The van der Waals surface area contributed by atoms with E-state index in [1.807, 2.05) is 6.07 Å². The highest BCUT2D eigenvalue weighted by atomic mass is 19.1. The lowest BCUT2D eigenvalue weighted by Gasteiger charge is -2.23. The number of rotatable bonds is 3. The van der Waals surface area contributed by atoms with Gasteiger partial charge in [0.2, 0.25) is 0 Å². The molecule has 0 spiro atoms. The van der Waals surface area contributed by atoms with Crippen LogP contribution in [0.3, 0.4) is 0 Å². The summed E-state index contributed by atoms with van der Waals surface area (Å²) in [5, 5.41) is 9.67. The topological polar surface area (TPSA) is 32.7 Å². The fourth-order valence-electron chi connectivity index (χ4n) is 2.35. The van der Waals surface area contributed by atoms with Gasteiger partial charge >= 0.3 is 0 Å². The third kappa shape index (κ3) is 2.42. The summed E-state index contributed by atoms with van der Waals surface area (Å²) in [4.78, 5) is 2.07. The van der Waals surface area contributed by atoms with Gasteiger partial charge < -0.3 is 14.7 Å². The minimum atomic E-state index is -0.798. The van der Waals surface area contributed by atoms with Crippen molar-refractivity contribution >= 4 is 5.69 Å². The molecule has 1 aromatic carbocycles. The fourth-order valence-corrected chi connectivity index (χ4v) is 2.35. The summed E-state index contributed by atoms with van der Waals surface area (Å²) in [6.07, 6.45) is 0.333. The maximum absolute atomic E-state index is 13.7. The lowest BCUT2D eigenvalue weighted by atomic mass is 10.1. The molecule has 0 radical (unpaired) electrons. The van der Waals surface area contributed by atoms with E-state index in [1.165, 1.54) is 6.07 Å². The fraction of sp³-hybridized carbons (Fsp3) is 0.538. The van der Waals surface area contributed by atoms with Crippen LogP contribution >= 0.6 is 0 Å². The van der Waals surface area contributed by atoms with E-state index in [-0.39, 0.29) is 11.9 Å². The van der Waals surface area contributed by atoms with Gasteiger partial charge in [0.05, 0.1) is 12.2 Å². The van der Waals surface area contributed by atoms with E-state index in [1.54, 1.807) is 20.1 Å². The summed E-state index contributed by atoms with van der Waals surface area (Å²) in [5.41, 5.74) is 1.16. The molecule has 17 heavy (non-hydrogen) atoms. The summed E-state index contributed by atoms with van der Waals surface area (Å²) in [6.45, 7) is 3.17. The van der Waals surface area contributed by atoms with Crippen molar-refractivity contribution in [3.05, 3.63) is 29.6 Å². The number of hydrogen-bond acceptors (Lipinski definition) is 3. The van der Waals surface area contributed by atoms with Crippen LogP contribution in [0.1, 0.15) is 25.0 Å². The molecule has 0 saturated carbocycles. The molecule has 3 nitrogen and oxygen atoms in total. The average molecular weight is 239 g/mol. The molecule has 1 N–H and O–H groups in total. The SMILES string of the molecule is COC1CCN(c2cccc(F)c2[C@@H](C)O)C1. The Bertz CT molecular complexity index is 395. The Morgan fingerprint density at radius 3 is 2.88 bits per heavy atom. The third-order valence-corrected chi connectivity index (χ3v) is 3.27. The van der Waals surface area contributed by atoms with E-state index >= 15 is 0 Å². The largest absolute Gasteiger partial charge is 0.389 e. The number of benzene rings is 1. The summed E-state index contributed by atoms with van der Waals surface area (Å²) in [7, 11) is 1.69. The van der Waals surface area contributed by atoms with E-state index in [9.17, 15) is 9.50 Å². The Morgan fingerprint density at radius 1 is 1.53 bits per heavy atom. The highest BCUT2D eigenvalue weighted by Gasteiger charge is 2.26. The quantitative estimate of drug-likeness (QED) is 0.876. The van der Waals surface area contributed by atoms with Crippen LogP contribution in [0.2, 0.25) is 0 Å².